The van der Waals surface area contributed by atoms with Gasteiger partial charge in [0.25, 0.3) is 5.91 Å². The van der Waals surface area contributed by atoms with Gasteiger partial charge in [-0.15, -0.1) is 0 Å². The van der Waals surface area contributed by atoms with Gasteiger partial charge in [0.1, 0.15) is 5.69 Å². The summed E-state index contributed by atoms with van der Waals surface area (Å²) in [7, 11) is 0. The molecule has 1 N–H and O–H groups in total. The molecule has 3 nitrogen and oxygen atoms in total. The number of piperidine rings is 1. The van der Waals surface area contributed by atoms with Crippen molar-refractivity contribution >= 4 is 16.8 Å². The van der Waals surface area contributed by atoms with Crippen LogP contribution in [-0.2, 0) is 0 Å². The first-order chi connectivity index (χ1) is 9.69. The maximum absolute atomic E-state index is 12.7. The summed E-state index contributed by atoms with van der Waals surface area (Å²) in [5.41, 5.74) is 2.99. The number of benzene rings is 1. The number of hydrogen-bond acceptors (Lipinski definition) is 1. The number of amides is 1. The molecule has 0 aliphatic carbocycles. The predicted octanol–water partition coefficient (Wildman–Crippen LogP) is 3.88. The second-order valence-electron chi connectivity index (χ2n) is 5.83. The summed E-state index contributed by atoms with van der Waals surface area (Å²) < 4.78 is 0. The first kappa shape index (κ1) is 13.2. The number of fused-ring (bicyclic) bond motifs is 1. The molecule has 1 unspecified atom stereocenters. The zero-order valence-corrected chi connectivity index (χ0v) is 12.3. The SMILES string of the molecule is CCC1CCCCN1C(=O)c1cc2ccc(C)cc2[nH]1. The van der Waals surface area contributed by atoms with Gasteiger partial charge in [-0.3, -0.25) is 4.79 Å². The Morgan fingerprint density at radius 1 is 1.35 bits per heavy atom. The van der Waals surface area contributed by atoms with Crippen LogP contribution in [0.3, 0.4) is 0 Å². The van der Waals surface area contributed by atoms with Gasteiger partial charge in [-0.05, 0) is 50.3 Å². The smallest absolute Gasteiger partial charge is 0.270 e. The molecule has 1 atom stereocenters. The molecule has 20 heavy (non-hydrogen) atoms. The molecule has 2 aromatic rings. The normalized spacial score (nSPS) is 19.5. The number of carbonyl (C=O) groups is 1. The Kier molecular flexibility index (Phi) is 3.51. The standard InChI is InChI=1S/C17H22N2O/c1-3-14-6-4-5-9-19(14)17(20)16-11-13-8-7-12(2)10-15(13)18-16/h7-8,10-11,14,18H,3-6,9H2,1-2H3. The molecule has 0 saturated carbocycles. The van der Waals surface area contributed by atoms with Crippen molar-refractivity contribution in [1.82, 2.24) is 9.88 Å². The summed E-state index contributed by atoms with van der Waals surface area (Å²) in [6, 6.07) is 8.65. The number of rotatable bonds is 2. The summed E-state index contributed by atoms with van der Waals surface area (Å²) in [5, 5.41) is 1.11. The highest BCUT2D eigenvalue weighted by Gasteiger charge is 2.26. The highest BCUT2D eigenvalue weighted by molar-refractivity contribution is 5.98. The summed E-state index contributed by atoms with van der Waals surface area (Å²) in [6.07, 6.45) is 4.56. The Morgan fingerprint density at radius 2 is 2.20 bits per heavy atom. The zero-order valence-electron chi connectivity index (χ0n) is 12.3. The van der Waals surface area contributed by atoms with Crippen LogP contribution < -0.4 is 0 Å². The van der Waals surface area contributed by atoms with Crippen LogP contribution in [0.2, 0.25) is 0 Å². The average molecular weight is 270 g/mol. The lowest BCUT2D eigenvalue weighted by Crippen LogP contribution is -2.43. The highest BCUT2D eigenvalue weighted by Crippen LogP contribution is 2.23. The van der Waals surface area contributed by atoms with Crippen LogP contribution in [0.15, 0.2) is 24.3 Å². The van der Waals surface area contributed by atoms with Gasteiger partial charge in [-0.1, -0.05) is 19.1 Å². The molecule has 1 fully saturated rings. The zero-order chi connectivity index (χ0) is 14.1. The first-order valence-corrected chi connectivity index (χ1v) is 7.59. The number of nitrogens with zero attached hydrogens (tertiary/aromatic N) is 1. The van der Waals surface area contributed by atoms with Gasteiger partial charge in [0, 0.05) is 23.5 Å². The molecule has 0 spiro atoms. The largest absolute Gasteiger partial charge is 0.351 e. The average Bonchev–Trinajstić information content (AvgIpc) is 2.89. The fourth-order valence-electron chi connectivity index (χ4n) is 3.20. The second-order valence-corrected chi connectivity index (χ2v) is 5.83. The molecule has 3 heteroatoms. The lowest BCUT2D eigenvalue weighted by Gasteiger charge is -2.35. The Morgan fingerprint density at radius 3 is 3.00 bits per heavy atom. The van der Waals surface area contributed by atoms with Crippen LogP contribution in [0.5, 0.6) is 0 Å². The molecule has 1 aromatic carbocycles. The maximum atomic E-state index is 12.7. The van der Waals surface area contributed by atoms with E-state index in [0.717, 1.165) is 42.4 Å². The molecule has 0 radical (unpaired) electrons. The fraction of sp³-hybridized carbons (Fsp3) is 0.471. The molecule has 0 bridgehead atoms. The van der Waals surface area contributed by atoms with E-state index < -0.39 is 0 Å². The molecule has 1 saturated heterocycles. The number of hydrogen-bond donors (Lipinski definition) is 1. The lowest BCUT2D eigenvalue weighted by molar-refractivity contribution is 0.0603. The number of aromatic amines is 1. The van der Waals surface area contributed by atoms with Crippen molar-refractivity contribution in [3.8, 4) is 0 Å². The van der Waals surface area contributed by atoms with E-state index >= 15 is 0 Å². The number of H-pyrrole nitrogens is 1. The van der Waals surface area contributed by atoms with Crippen LogP contribution >= 0.6 is 0 Å². The van der Waals surface area contributed by atoms with Crippen molar-refractivity contribution in [2.45, 2.75) is 45.6 Å². The molecule has 2 heterocycles. The van der Waals surface area contributed by atoms with Gasteiger partial charge in [0.05, 0.1) is 0 Å². The van der Waals surface area contributed by atoms with Crippen LogP contribution in [0.25, 0.3) is 10.9 Å². The van der Waals surface area contributed by atoms with Crippen LogP contribution in [0.4, 0.5) is 0 Å². The summed E-state index contributed by atoms with van der Waals surface area (Å²) >= 11 is 0. The van der Waals surface area contributed by atoms with Gasteiger partial charge in [0.15, 0.2) is 0 Å². The quantitative estimate of drug-likeness (QED) is 0.883. The van der Waals surface area contributed by atoms with E-state index in [9.17, 15) is 4.79 Å². The van der Waals surface area contributed by atoms with Gasteiger partial charge < -0.3 is 9.88 Å². The fourth-order valence-corrected chi connectivity index (χ4v) is 3.20. The molecular formula is C17H22N2O. The monoisotopic (exact) mass is 270 g/mol. The van der Waals surface area contributed by atoms with Gasteiger partial charge >= 0.3 is 0 Å². The topological polar surface area (TPSA) is 36.1 Å². The second kappa shape index (κ2) is 5.31. The molecule has 1 amide bonds. The molecule has 106 valence electrons. The molecule has 3 rings (SSSR count). The first-order valence-electron chi connectivity index (χ1n) is 7.59. The summed E-state index contributed by atoms with van der Waals surface area (Å²) in [6.45, 7) is 5.14. The minimum absolute atomic E-state index is 0.158. The Balaban J connectivity index is 1.91. The third kappa shape index (κ3) is 2.33. The molecule has 1 aliphatic heterocycles. The van der Waals surface area contributed by atoms with Crippen LogP contribution in [-0.4, -0.2) is 28.4 Å². The Hall–Kier alpha value is -1.77. The van der Waals surface area contributed by atoms with Crippen molar-refractivity contribution in [2.75, 3.05) is 6.54 Å². The number of nitrogens with one attached hydrogen (secondary N) is 1. The molecular weight excluding hydrogens is 248 g/mol. The van der Waals surface area contributed by atoms with Crippen LogP contribution in [0.1, 0.15) is 48.7 Å². The van der Waals surface area contributed by atoms with Crippen molar-refractivity contribution in [3.05, 3.63) is 35.5 Å². The van der Waals surface area contributed by atoms with E-state index in [0.29, 0.717) is 6.04 Å². The molecule has 1 aliphatic rings. The van der Waals surface area contributed by atoms with E-state index in [1.54, 1.807) is 0 Å². The van der Waals surface area contributed by atoms with Crippen molar-refractivity contribution in [1.29, 1.82) is 0 Å². The van der Waals surface area contributed by atoms with Gasteiger partial charge in [-0.25, -0.2) is 0 Å². The van der Waals surface area contributed by atoms with E-state index in [2.05, 4.69) is 41.9 Å². The highest BCUT2D eigenvalue weighted by atomic mass is 16.2. The minimum Gasteiger partial charge on any atom is -0.351 e. The third-order valence-electron chi connectivity index (χ3n) is 4.37. The van der Waals surface area contributed by atoms with E-state index in [1.807, 2.05) is 6.07 Å². The van der Waals surface area contributed by atoms with E-state index in [4.69, 9.17) is 0 Å². The third-order valence-corrected chi connectivity index (χ3v) is 4.37. The van der Waals surface area contributed by atoms with Crippen LogP contribution in [0, 0.1) is 6.92 Å². The number of carbonyl (C=O) groups excluding carboxylic acids is 1. The predicted molar refractivity (Wildman–Crippen MR) is 82.0 cm³/mol. The van der Waals surface area contributed by atoms with Crippen molar-refractivity contribution in [2.24, 2.45) is 0 Å². The number of aromatic nitrogens is 1. The summed E-state index contributed by atoms with van der Waals surface area (Å²) in [5.74, 6) is 0.158. The Bertz CT molecular complexity index is 629. The number of aryl methyl sites for hydroxylation is 1. The van der Waals surface area contributed by atoms with E-state index in [-0.39, 0.29) is 5.91 Å². The maximum Gasteiger partial charge on any atom is 0.270 e. The Labute approximate surface area is 120 Å². The number of likely N-dealkylation sites (tertiary alicyclic amines) is 1. The molecule has 1 aromatic heterocycles. The van der Waals surface area contributed by atoms with Crippen molar-refractivity contribution < 1.29 is 4.79 Å². The van der Waals surface area contributed by atoms with Crippen molar-refractivity contribution in [3.63, 3.8) is 0 Å². The van der Waals surface area contributed by atoms with Gasteiger partial charge in [-0.2, -0.15) is 0 Å². The van der Waals surface area contributed by atoms with E-state index in [1.165, 1.54) is 12.0 Å². The minimum atomic E-state index is 0.158. The summed E-state index contributed by atoms with van der Waals surface area (Å²) in [4.78, 5) is 18.1. The lowest BCUT2D eigenvalue weighted by atomic mass is 9.99. The van der Waals surface area contributed by atoms with Gasteiger partial charge in [0.2, 0.25) is 0 Å².